The van der Waals surface area contributed by atoms with E-state index in [-0.39, 0.29) is 11.5 Å². The number of hydrogen-bond acceptors (Lipinski definition) is 7. The average molecular weight is 449 g/mol. The maximum Gasteiger partial charge on any atom is 0.269 e. The summed E-state index contributed by atoms with van der Waals surface area (Å²) in [6.07, 6.45) is 3.48. The lowest BCUT2D eigenvalue weighted by Gasteiger charge is -2.41. The molecule has 0 spiro atoms. The van der Waals surface area contributed by atoms with Crippen LogP contribution in [0.25, 0.3) is 11.0 Å². The van der Waals surface area contributed by atoms with Crippen LogP contribution in [0.15, 0.2) is 35.3 Å². The number of H-pyrrole nitrogens is 1. The first kappa shape index (κ1) is 21.4. The summed E-state index contributed by atoms with van der Waals surface area (Å²) >= 11 is 0. The predicted molar refractivity (Wildman–Crippen MR) is 126 cm³/mol. The average Bonchev–Trinajstić information content (AvgIpc) is 3.01. The van der Waals surface area contributed by atoms with Gasteiger partial charge in [0.15, 0.2) is 0 Å². The Morgan fingerprint density at radius 2 is 2.18 bits per heavy atom. The minimum Gasteiger partial charge on any atom is -0.476 e. The third-order valence-electron chi connectivity index (χ3n) is 6.48. The Labute approximate surface area is 191 Å². The zero-order valence-electron chi connectivity index (χ0n) is 18.9. The zero-order valence-corrected chi connectivity index (χ0v) is 18.9. The molecule has 9 nitrogen and oxygen atoms in total. The molecule has 5 rings (SSSR count). The highest BCUT2D eigenvalue weighted by Crippen LogP contribution is 2.33. The molecule has 5 heterocycles. The molecule has 0 saturated carbocycles. The Hall–Kier alpha value is -3.46. The van der Waals surface area contributed by atoms with Crippen LogP contribution in [-0.4, -0.2) is 65.1 Å². The molecule has 2 N–H and O–H groups in total. The number of hydrogen-bond donors (Lipinski definition) is 2. The summed E-state index contributed by atoms with van der Waals surface area (Å²) in [7, 11) is 1.59. The van der Waals surface area contributed by atoms with Crippen molar-refractivity contribution in [2.75, 3.05) is 38.2 Å². The van der Waals surface area contributed by atoms with Crippen LogP contribution in [0.4, 0.5) is 5.69 Å². The molecule has 1 atom stereocenters. The van der Waals surface area contributed by atoms with E-state index in [1.807, 2.05) is 31.3 Å². The number of ether oxygens (including phenoxy) is 1. The summed E-state index contributed by atoms with van der Waals surface area (Å²) < 4.78 is 5.91. The molecule has 3 aromatic rings. The third-order valence-corrected chi connectivity index (χ3v) is 6.48. The van der Waals surface area contributed by atoms with E-state index < -0.39 is 0 Å². The molecule has 2 aliphatic heterocycles. The van der Waals surface area contributed by atoms with Gasteiger partial charge in [-0.1, -0.05) is 6.92 Å². The number of aromatic nitrogens is 3. The molecule has 172 valence electrons. The van der Waals surface area contributed by atoms with Gasteiger partial charge in [0.1, 0.15) is 11.4 Å². The Balaban J connectivity index is 1.32. The lowest BCUT2D eigenvalue weighted by molar-refractivity contribution is 0.0957. The van der Waals surface area contributed by atoms with E-state index in [2.05, 4.69) is 30.1 Å². The molecule has 2 aliphatic rings. The fourth-order valence-corrected chi connectivity index (χ4v) is 4.71. The second kappa shape index (κ2) is 8.82. The summed E-state index contributed by atoms with van der Waals surface area (Å²) in [5, 5.41) is 2.61. The molecule has 0 aliphatic carbocycles. The molecule has 0 radical (unpaired) electrons. The molecule has 9 heteroatoms. The quantitative estimate of drug-likeness (QED) is 0.626. The predicted octanol–water partition coefficient (Wildman–Crippen LogP) is 1.71. The van der Waals surface area contributed by atoms with Gasteiger partial charge in [-0.05, 0) is 36.2 Å². The summed E-state index contributed by atoms with van der Waals surface area (Å²) in [6, 6.07) is 7.90. The molecule has 33 heavy (non-hydrogen) atoms. The van der Waals surface area contributed by atoms with Gasteiger partial charge in [-0.25, -0.2) is 4.98 Å². The molecule has 0 aromatic carbocycles. The number of piperazine rings is 1. The van der Waals surface area contributed by atoms with E-state index in [1.54, 1.807) is 13.1 Å². The maximum absolute atomic E-state index is 12.2. The van der Waals surface area contributed by atoms with Crippen molar-refractivity contribution in [3.8, 4) is 5.88 Å². The molecule has 1 amide bonds. The molecule has 1 saturated heterocycles. The number of aromatic amines is 1. The highest BCUT2D eigenvalue weighted by Gasteiger charge is 2.32. The van der Waals surface area contributed by atoms with Crippen LogP contribution >= 0.6 is 0 Å². The largest absolute Gasteiger partial charge is 0.476 e. The van der Waals surface area contributed by atoms with Gasteiger partial charge in [0.25, 0.3) is 11.5 Å². The van der Waals surface area contributed by atoms with Gasteiger partial charge >= 0.3 is 0 Å². The van der Waals surface area contributed by atoms with Crippen LogP contribution in [-0.2, 0) is 13.0 Å². The molecule has 1 fully saturated rings. The van der Waals surface area contributed by atoms with Gasteiger partial charge in [0.05, 0.1) is 17.6 Å². The van der Waals surface area contributed by atoms with Crippen molar-refractivity contribution in [1.82, 2.24) is 25.2 Å². The van der Waals surface area contributed by atoms with Crippen LogP contribution in [0, 0.1) is 0 Å². The Morgan fingerprint density at radius 1 is 1.30 bits per heavy atom. The number of pyridine rings is 3. The van der Waals surface area contributed by atoms with Gasteiger partial charge in [0, 0.05) is 57.4 Å². The van der Waals surface area contributed by atoms with Crippen molar-refractivity contribution < 1.29 is 9.53 Å². The van der Waals surface area contributed by atoms with Crippen molar-refractivity contribution in [2.24, 2.45) is 0 Å². The summed E-state index contributed by atoms with van der Waals surface area (Å²) in [5.74, 6) is 0.310. The van der Waals surface area contributed by atoms with Crippen molar-refractivity contribution in [3.63, 3.8) is 0 Å². The van der Waals surface area contributed by atoms with Gasteiger partial charge in [-0.3, -0.25) is 19.5 Å². The van der Waals surface area contributed by atoms with Crippen LogP contribution in [0.1, 0.15) is 35.0 Å². The number of nitrogens with one attached hydrogen (secondary N) is 2. The van der Waals surface area contributed by atoms with E-state index in [1.165, 1.54) is 0 Å². The second-order valence-corrected chi connectivity index (χ2v) is 8.57. The van der Waals surface area contributed by atoms with E-state index in [9.17, 15) is 9.59 Å². The minimum absolute atomic E-state index is 0.0390. The molecular formula is C24H28N6O3. The number of amides is 1. The van der Waals surface area contributed by atoms with Crippen molar-refractivity contribution >= 4 is 22.6 Å². The fourth-order valence-electron chi connectivity index (χ4n) is 4.71. The Morgan fingerprint density at radius 3 is 3.00 bits per heavy atom. The van der Waals surface area contributed by atoms with Gasteiger partial charge in [-0.2, -0.15) is 0 Å². The first-order chi connectivity index (χ1) is 16.1. The van der Waals surface area contributed by atoms with Crippen molar-refractivity contribution in [2.45, 2.75) is 32.4 Å². The molecule has 0 unspecified atom stereocenters. The highest BCUT2D eigenvalue weighted by atomic mass is 16.5. The van der Waals surface area contributed by atoms with Gasteiger partial charge < -0.3 is 19.9 Å². The van der Waals surface area contributed by atoms with E-state index in [0.29, 0.717) is 30.6 Å². The fraction of sp³-hybridized carbons (Fsp3) is 0.417. The minimum atomic E-state index is -0.219. The summed E-state index contributed by atoms with van der Waals surface area (Å²) in [6.45, 7) is 5.93. The lowest BCUT2D eigenvalue weighted by atomic mass is 10.1. The van der Waals surface area contributed by atoms with Crippen LogP contribution < -0.4 is 20.5 Å². The Bertz CT molecular complexity index is 1260. The number of rotatable bonds is 4. The first-order valence-corrected chi connectivity index (χ1v) is 11.4. The number of anilines is 1. The number of fused-ring (bicyclic) bond motifs is 4. The normalized spacial score (nSPS) is 18.2. The molecule has 3 aromatic heterocycles. The van der Waals surface area contributed by atoms with E-state index >= 15 is 0 Å². The zero-order chi connectivity index (χ0) is 22.9. The van der Waals surface area contributed by atoms with Crippen molar-refractivity contribution in [3.05, 3.63) is 57.6 Å². The maximum atomic E-state index is 12.2. The topological polar surface area (TPSA) is 103 Å². The molecular weight excluding hydrogens is 420 g/mol. The number of carbonyl (C=O) groups is 1. The smallest absolute Gasteiger partial charge is 0.269 e. The standard InChI is InChI=1S/C24H28N6O3/c1-3-16-11-19-20(27-22(16)31)10-15(12-26-19)13-29-7-8-30-17(14-29)6-9-33-24-21(30)5-4-18(28-24)23(32)25-2/h4-5,10-12,17H,3,6-9,13-14H2,1-2H3,(H,25,32)(H,27,31)/t17-/m0/s1. The van der Waals surface area contributed by atoms with Gasteiger partial charge in [-0.15, -0.1) is 0 Å². The Kier molecular flexibility index (Phi) is 5.72. The number of nitrogens with zero attached hydrogens (tertiary/aromatic N) is 4. The summed E-state index contributed by atoms with van der Waals surface area (Å²) in [4.78, 5) is 40.9. The van der Waals surface area contributed by atoms with E-state index in [4.69, 9.17) is 4.74 Å². The highest BCUT2D eigenvalue weighted by molar-refractivity contribution is 5.92. The van der Waals surface area contributed by atoms with Crippen molar-refractivity contribution in [1.29, 1.82) is 0 Å². The van der Waals surface area contributed by atoms with Crippen LogP contribution in [0.2, 0.25) is 0 Å². The second-order valence-electron chi connectivity index (χ2n) is 8.57. The number of carbonyl (C=O) groups excluding carboxylic acids is 1. The molecule has 0 bridgehead atoms. The van der Waals surface area contributed by atoms with Crippen LogP contribution in [0.3, 0.4) is 0 Å². The number of aryl methyl sites for hydroxylation is 1. The monoisotopic (exact) mass is 448 g/mol. The summed E-state index contributed by atoms with van der Waals surface area (Å²) in [5.41, 5.74) is 4.71. The third kappa shape index (κ3) is 4.16. The van der Waals surface area contributed by atoms with Crippen LogP contribution in [0.5, 0.6) is 5.88 Å². The first-order valence-electron chi connectivity index (χ1n) is 11.4. The van der Waals surface area contributed by atoms with E-state index in [0.717, 1.165) is 60.4 Å². The SMILES string of the molecule is CCc1cc2ncc(CN3CCN4c5ccc(C(=O)NC)nc5OCC[C@H]4C3)cc2[nH]c1=O. The van der Waals surface area contributed by atoms with Gasteiger partial charge in [0.2, 0.25) is 5.88 Å². The lowest BCUT2D eigenvalue weighted by Crippen LogP contribution is -2.52.